The number of methoxy groups -OCH3 is 2. The van der Waals surface area contributed by atoms with E-state index in [4.69, 9.17) is 9.47 Å². The Morgan fingerprint density at radius 1 is 1.09 bits per heavy atom. The largest absolute Gasteiger partial charge is 0.493 e. The third-order valence-electron chi connectivity index (χ3n) is 5.01. The second-order valence-corrected chi connectivity index (χ2v) is 8.28. The topological polar surface area (TPSA) is 93.3 Å². The molecule has 0 bridgehead atoms. The van der Waals surface area contributed by atoms with Crippen LogP contribution in [0.1, 0.15) is 22.4 Å². The molecule has 174 valence electrons. The SMILES string of the molecule is COc1ccc(CCNC(=O)Cc2c(C)nc(SCc3ccc(F)cc3)[nH]c2=O)cc1OC. The van der Waals surface area contributed by atoms with E-state index >= 15 is 0 Å². The van der Waals surface area contributed by atoms with Crippen LogP contribution in [0, 0.1) is 12.7 Å². The number of hydrogen-bond donors (Lipinski definition) is 2. The molecule has 0 aliphatic rings. The Labute approximate surface area is 195 Å². The Bertz CT molecular complexity index is 1170. The number of nitrogens with one attached hydrogen (secondary N) is 2. The van der Waals surface area contributed by atoms with Crippen LogP contribution in [-0.4, -0.2) is 36.6 Å². The molecule has 0 saturated heterocycles. The van der Waals surface area contributed by atoms with Crippen molar-refractivity contribution in [2.24, 2.45) is 0 Å². The van der Waals surface area contributed by atoms with Crippen molar-refractivity contribution in [1.29, 1.82) is 0 Å². The van der Waals surface area contributed by atoms with E-state index in [1.54, 1.807) is 33.3 Å². The molecule has 0 unspecified atom stereocenters. The Hall–Kier alpha value is -3.33. The number of aryl methyl sites for hydroxylation is 1. The number of halogens is 1. The van der Waals surface area contributed by atoms with Gasteiger partial charge in [-0.1, -0.05) is 30.0 Å². The number of aromatic amines is 1. The minimum Gasteiger partial charge on any atom is -0.493 e. The van der Waals surface area contributed by atoms with Crippen molar-refractivity contribution in [3.63, 3.8) is 0 Å². The zero-order valence-corrected chi connectivity index (χ0v) is 19.6. The van der Waals surface area contributed by atoms with Gasteiger partial charge >= 0.3 is 0 Å². The van der Waals surface area contributed by atoms with E-state index in [0.717, 1.165) is 11.1 Å². The van der Waals surface area contributed by atoms with E-state index in [-0.39, 0.29) is 23.7 Å². The Kier molecular flexibility index (Phi) is 8.48. The van der Waals surface area contributed by atoms with Gasteiger partial charge in [-0.3, -0.25) is 9.59 Å². The number of thioether (sulfide) groups is 1. The molecule has 0 radical (unpaired) electrons. The molecule has 0 fully saturated rings. The van der Waals surface area contributed by atoms with Gasteiger partial charge in [0, 0.05) is 23.6 Å². The van der Waals surface area contributed by atoms with Crippen LogP contribution in [0.15, 0.2) is 52.4 Å². The number of ether oxygens (including phenoxy) is 2. The van der Waals surface area contributed by atoms with Crippen LogP contribution < -0.4 is 20.3 Å². The van der Waals surface area contributed by atoms with E-state index < -0.39 is 0 Å². The monoisotopic (exact) mass is 471 g/mol. The van der Waals surface area contributed by atoms with Crippen molar-refractivity contribution >= 4 is 17.7 Å². The maximum atomic E-state index is 13.0. The lowest BCUT2D eigenvalue weighted by atomic mass is 10.1. The minimum absolute atomic E-state index is 0.0526. The molecule has 0 aliphatic heterocycles. The highest BCUT2D eigenvalue weighted by Crippen LogP contribution is 2.27. The lowest BCUT2D eigenvalue weighted by molar-refractivity contribution is -0.120. The number of benzene rings is 2. The van der Waals surface area contributed by atoms with Crippen molar-refractivity contribution in [3.05, 3.63) is 81.0 Å². The van der Waals surface area contributed by atoms with Gasteiger partial charge in [0.25, 0.3) is 5.56 Å². The van der Waals surface area contributed by atoms with Crippen molar-refractivity contribution < 1.29 is 18.7 Å². The average Bonchev–Trinajstić information content (AvgIpc) is 2.81. The molecule has 0 spiro atoms. The molecule has 1 aromatic heterocycles. The van der Waals surface area contributed by atoms with Crippen LogP contribution in [0.5, 0.6) is 11.5 Å². The summed E-state index contributed by atoms with van der Waals surface area (Å²) in [6.07, 6.45) is 0.557. The number of H-pyrrole nitrogens is 1. The zero-order valence-electron chi connectivity index (χ0n) is 18.7. The molecular weight excluding hydrogens is 445 g/mol. The highest BCUT2D eigenvalue weighted by atomic mass is 32.2. The predicted molar refractivity (Wildman–Crippen MR) is 126 cm³/mol. The molecule has 2 N–H and O–H groups in total. The van der Waals surface area contributed by atoms with Gasteiger partial charge in [0.15, 0.2) is 16.7 Å². The number of carbonyl (C=O) groups excluding carboxylic acids is 1. The summed E-state index contributed by atoms with van der Waals surface area (Å²) in [4.78, 5) is 32.0. The van der Waals surface area contributed by atoms with Crippen LogP contribution in [0.3, 0.4) is 0 Å². The first-order valence-electron chi connectivity index (χ1n) is 10.3. The molecular formula is C24H26FN3O4S. The number of carbonyl (C=O) groups is 1. The smallest absolute Gasteiger partial charge is 0.255 e. The summed E-state index contributed by atoms with van der Waals surface area (Å²) >= 11 is 1.34. The summed E-state index contributed by atoms with van der Waals surface area (Å²) in [6, 6.07) is 11.8. The summed E-state index contributed by atoms with van der Waals surface area (Å²) < 4.78 is 23.5. The molecule has 3 aromatic rings. The van der Waals surface area contributed by atoms with Crippen LogP contribution >= 0.6 is 11.8 Å². The second-order valence-electron chi connectivity index (χ2n) is 7.32. The van der Waals surface area contributed by atoms with Crippen LogP contribution in [0.25, 0.3) is 0 Å². The Balaban J connectivity index is 1.54. The third kappa shape index (κ3) is 6.82. The van der Waals surface area contributed by atoms with Crippen molar-refractivity contribution in [2.45, 2.75) is 30.7 Å². The van der Waals surface area contributed by atoms with Crippen molar-refractivity contribution in [2.75, 3.05) is 20.8 Å². The summed E-state index contributed by atoms with van der Waals surface area (Å²) in [5, 5.41) is 3.30. The number of amides is 1. The highest BCUT2D eigenvalue weighted by molar-refractivity contribution is 7.98. The van der Waals surface area contributed by atoms with Gasteiger partial charge in [0.2, 0.25) is 5.91 Å². The van der Waals surface area contributed by atoms with Gasteiger partial charge in [-0.15, -0.1) is 0 Å². The summed E-state index contributed by atoms with van der Waals surface area (Å²) in [7, 11) is 3.15. The standard InChI is InChI=1S/C24H26FN3O4S/c1-15-19(23(30)28-24(27-15)33-14-17-4-7-18(25)8-5-17)13-22(29)26-11-10-16-6-9-20(31-2)21(12-16)32-3/h4-9,12H,10-11,13-14H2,1-3H3,(H,26,29)(H,27,28,30). The van der Waals surface area contributed by atoms with Crippen LogP contribution in [0.4, 0.5) is 4.39 Å². The molecule has 3 rings (SSSR count). The van der Waals surface area contributed by atoms with E-state index in [1.807, 2.05) is 18.2 Å². The van der Waals surface area contributed by atoms with E-state index in [1.165, 1.54) is 23.9 Å². The first-order valence-corrected chi connectivity index (χ1v) is 11.3. The number of aromatic nitrogens is 2. The lowest BCUT2D eigenvalue weighted by Gasteiger charge is -2.10. The van der Waals surface area contributed by atoms with Gasteiger partial charge in [-0.25, -0.2) is 9.37 Å². The maximum absolute atomic E-state index is 13.0. The molecule has 1 heterocycles. The average molecular weight is 472 g/mol. The highest BCUT2D eigenvalue weighted by Gasteiger charge is 2.13. The maximum Gasteiger partial charge on any atom is 0.255 e. The molecule has 2 aromatic carbocycles. The molecule has 1 amide bonds. The van der Waals surface area contributed by atoms with E-state index in [2.05, 4.69) is 15.3 Å². The fraction of sp³-hybridized carbons (Fsp3) is 0.292. The third-order valence-corrected chi connectivity index (χ3v) is 5.95. The quantitative estimate of drug-likeness (QED) is 0.348. The van der Waals surface area contributed by atoms with E-state index in [9.17, 15) is 14.0 Å². The Morgan fingerprint density at radius 2 is 1.79 bits per heavy atom. The molecule has 7 nitrogen and oxygen atoms in total. The number of nitrogens with zero attached hydrogens (tertiary/aromatic N) is 1. The summed E-state index contributed by atoms with van der Waals surface area (Å²) in [6.45, 7) is 2.13. The molecule has 9 heteroatoms. The van der Waals surface area contributed by atoms with Crippen LogP contribution in [-0.2, 0) is 23.4 Å². The fourth-order valence-corrected chi connectivity index (χ4v) is 4.06. The first kappa shape index (κ1) is 24.3. The van der Waals surface area contributed by atoms with Gasteiger partial charge in [0.1, 0.15) is 5.82 Å². The zero-order chi connectivity index (χ0) is 23.8. The molecule has 33 heavy (non-hydrogen) atoms. The van der Waals surface area contributed by atoms with Crippen molar-refractivity contribution in [1.82, 2.24) is 15.3 Å². The number of rotatable bonds is 10. The lowest BCUT2D eigenvalue weighted by Crippen LogP contribution is -2.30. The van der Waals surface area contributed by atoms with Crippen LogP contribution in [0.2, 0.25) is 0 Å². The van der Waals surface area contributed by atoms with Gasteiger partial charge in [-0.05, 0) is 48.7 Å². The van der Waals surface area contributed by atoms with Gasteiger partial charge < -0.3 is 19.8 Å². The summed E-state index contributed by atoms with van der Waals surface area (Å²) in [5.41, 5.74) is 2.42. The molecule has 0 saturated carbocycles. The predicted octanol–water partition coefficient (Wildman–Crippen LogP) is 3.43. The van der Waals surface area contributed by atoms with Gasteiger partial charge in [-0.2, -0.15) is 0 Å². The minimum atomic E-state index is -0.334. The first-order chi connectivity index (χ1) is 15.9. The van der Waals surface area contributed by atoms with E-state index in [0.29, 0.717) is 46.6 Å². The number of hydrogen-bond acceptors (Lipinski definition) is 6. The second kappa shape index (κ2) is 11.5. The Morgan fingerprint density at radius 3 is 2.45 bits per heavy atom. The van der Waals surface area contributed by atoms with Gasteiger partial charge in [0.05, 0.1) is 20.6 Å². The fourth-order valence-electron chi connectivity index (χ4n) is 3.20. The molecule has 0 atom stereocenters. The normalized spacial score (nSPS) is 10.7. The summed E-state index contributed by atoms with van der Waals surface area (Å²) in [5.74, 6) is 1.27. The van der Waals surface area contributed by atoms with Crippen molar-refractivity contribution in [3.8, 4) is 11.5 Å². The molecule has 0 aliphatic carbocycles.